The monoisotopic (exact) mass is 359 g/mol. The predicted molar refractivity (Wildman–Crippen MR) is 93.6 cm³/mol. The fraction of sp³-hybridized carbons (Fsp3) is 0.562. The van der Waals surface area contributed by atoms with E-state index in [4.69, 9.17) is 27.9 Å². The summed E-state index contributed by atoms with van der Waals surface area (Å²) in [7, 11) is 3.97. The number of likely N-dealkylation sites (tertiary alicyclic amines) is 1. The van der Waals surface area contributed by atoms with E-state index in [2.05, 4.69) is 5.32 Å². The van der Waals surface area contributed by atoms with Gasteiger partial charge in [0.2, 0.25) is 0 Å². The molecule has 0 saturated carbocycles. The molecule has 1 aromatic rings. The first-order valence-electron chi connectivity index (χ1n) is 7.75. The van der Waals surface area contributed by atoms with E-state index in [0.29, 0.717) is 35.4 Å². The summed E-state index contributed by atoms with van der Waals surface area (Å²) in [6.07, 6.45) is 1.71. The second kappa shape index (κ2) is 8.62. The Kier molecular flexibility index (Phi) is 6.81. The molecule has 128 valence electrons. The summed E-state index contributed by atoms with van der Waals surface area (Å²) >= 11 is 11.9. The molecular weight excluding hydrogens is 337 g/mol. The molecule has 0 bridgehead atoms. The van der Waals surface area contributed by atoms with Gasteiger partial charge in [0, 0.05) is 45.1 Å². The Morgan fingerprint density at radius 1 is 1.30 bits per heavy atom. The Bertz CT molecular complexity index is 532. The molecule has 0 atom stereocenters. The third-order valence-corrected chi connectivity index (χ3v) is 4.50. The largest absolute Gasteiger partial charge is 0.490 e. The Morgan fingerprint density at radius 2 is 2.00 bits per heavy atom. The number of benzene rings is 1. The highest BCUT2D eigenvalue weighted by Crippen LogP contribution is 2.28. The molecule has 2 amide bonds. The molecule has 5 nitrogen and oxygen atoms in total. The lowest BCUT2D eigenvalue weighted by Gasteiger charge is -2.32. The number of likely N-dealkylation sites (N-methyl/N-ethyl adjacent to an activating group) is 1. The highest BCUT2D eigenvalue weighted by Gasteiger charge is 2.23. The van der Waals surface area contributed by atoms with Gasteiger partial charge in [-0.25, -0.2) is 4.79 Å². The summed E-state index contributed by atoms with van der Waals surface area (Å²) in [6.45, 7) is 2.88. The zero-order valence-corrected chi connectivity index (χ0v) is 15.0. The Hall–Kier alpha value is -1.17. The summed E-state index contributed by atoms with van der Waals surface area (Å²) in [5.74, 6) is 0.716. The molecule has 1 fully saturated rings. The van der Waals surface area contributed by atoms with Crippen LogP contribution in [-0.4, -0.2) is 62.2 Å². The van der Waals surface area contributed by atoms with Crippen LogP contribution in [0.2, 0.25) is 10.0 Å². The van der Waals surface area contributed by atoms with Crippen LogP contribution in [0.1, 0.15) is 12.8 Å². The number of carbonyl (C=O) groups excluding carboxylic acids is 1. The van der Waals surface area contributed by atoms with Crippen molar-refractivity contribution in [3.05, 3.63) is 28.2 Å². The van der Waals surface area contributed by atoms with Crippen molar-refractivity contribution in [1.82, 2.24) is 15.1 Å². The third kappa shape index (κ3) is 5.75. The summed E-state index contributed by atoms with van der Waals surface area (Å²) < 4.78 is 5.92. The van der Waals surface area contributed by atoms with Crippen molar-refractivity contribution < 1.29 is 9.53 Å². The number of hydrogen-bond acceptors (Lipinski definition) is 3. The molecule has 0 radical (unpaired) electrons. The zero-order chi connectivity index (χ0) is 16.8. The van der Waals surface area contributed by atoms with Gasteiger partial charge in [-0.15, -0.1) is 0 Å². The highest BCUT2D eigenvalue weighted by molar-refractivity contribution is 6.42. The van der Waals surface area contributed by atoms with Crippen molar-refractivity contribution in [3.63, 3.8) is 0 Å². The molecule has 0 aromatic heterocycles. The summed E-state index contributed by atoms with van der Waals surface area (Å²) in [5.41, 5.74) is 0. The van der Waals surface area contributed by atoms with Crippen LogP contribution in [0.25, 0.3) is 0 Å². The minimum atomic E-state index is -0.000151. The van der Waals surface area contributed by atoms with Gasteiger partial charge in [0.05, 0.1) is 10.0 Å². The van der Waals surface area contributed by atoms with Crippen molar-refractivity contribution in [2.24, 2.45) is 0 Å². The third-order valence-electron chi connectivity index (χ3n) is 3.76. The Labute approximate surface area is 147 Å². The molecule has 2 rings (SSSR count). The lowest BCUT2D eigenvalue weighted by molar-refractivity contribution is 0.111. The van der Waals surface area contributed by atoms with Crippen LogP contribution in [0.5, 0.6) is 5.75 Å². The number of nitrogens with zero attached hydrogens (tertiary/aromatic N) is 2. The van der Waals surface area contributed by atoms with Crippen molar-refractivity contribution >= 4 is 29.2 Å². The van der Waals surface area contributed by atoms with E-state index in [9.17, 15) is 4.79 Å². The van der Waals surface area contributed by atoms with E-state index < -0.39 is 0 Å². The van der Waals surface area contributed by atoms with Crippen molar-refractivity contribution in [1.29, 1.82) is 0 Å². The molecule has 1 aliphatic heterocycles. The standard InChI is InChI=1S/C16H23Cl2N3O2/c1-20(2)10-7-19-16(22)21-8-5-12(6-9-21)23-13-3-4-14(17)15(18)11-13/h3-4,11-12H,5-10H2,1-2H3,(H,19,22). The summed E-state index contributed by atoms with van der Waals surface area (Å²) in [4.78, 5) is 15.9. The fourth-order valence-corrected chi connectivity index (χ4v) is 2.71. The van der Waals surface area contributed by atoms with E-state index in [0.717, 1.165) is 19.4 Å². The lowest BCUT2D eigenvalue weighted by atomic mass is 10.1. The number of amides is 2. The first-order chi connectivity index (χ1) is 11.0. The first-order valence-corrected chi connectivity index (χ1v) is 8.50. The van der Waals surface area contributed by atoms with Crippen LogP contribution in [0, 0.1) is 0 Å². The Morgan fingerprint density at radius 3 is 2.61 bits per heavy atom. The van der Waals surface area contributed by atoms with Crippen LogP contribution in [0.15, 0.2) is 18.2 Å². The van der Waals surface area contributed by atoms with E-state index in [1.54, 1.807) is 12.1 Å². The normalized spacial score (nSPS) is 15.8. The summed E-state index contributed by atoms with van der Waals surface area (Å²) in [6, 6.07) is 5.27. The maximum atomic E-state index is 12.1. The van der Waals surface area contributed by atoms with E-state index in [1.807, 2.05) is 30.0 Å². The van der Waals surface area contributed by atoms with Gasteiger partial charge in [-0.3, -0.25) is 0 Å². The minimum Gasteiger partial charge on any atom is -0.490 e. The second-order valence-electron chi connectivity index (χ2n) is 5.92. The number of nitrogens with one attached hydrogen (secondary N) is 1. The van der Waals surface area contributed by atoms with Gasteiger partial charge in [-0.05, 0) is 26.2 Å². The van der Waals surface area contributed by atoms with E-state index >= 15 is 0 Å². The fourth-order valence-electron chi connectivity index (χ4n) is 2.42. The van der Waals surface area contributed by atoms with Crippen molar-refractivity contribution in [3.8, 4) is 5.75 Å². The molecule has 0 spiro atoms. The minimum absolute atomic E-state index is 0.000151. The summed E-state index contributed by atoms with van der Waals surface area (Å²) in [5, 5.41) is 3.94. The average molecular weight is 360 g/mol. The van der Waals surface area contributed by atoms with Crippen LogP contribution in [0.4, 0.5) is 4.79 Å². The number of ether oxygens (including phenoxy) is 1. The highest BCUT2D eigenvalue weighted by atomic mass is 35.5. The predicted octanol–water partition coefficient (Wildman–Crippen LogP) is 3.11. The molecule has 1 aromatic carbocycles. The number of halogens is 2. The van der Waals surface area contributed by atoms with E-state index in [-0.39, 0.29) is 12.1 Å². The molecule has 1 heterocycles. The van der Waals surface area contributed by atoms with Crippen LogP contribution in [-0.2, 0) is 0 Å². The second-order valence-corrected chi connectivity index (χ2v) is 6.73. The quantitative estimate of drug-likeness (QED) is 0.878. The number of rotatable bonds is 5. The molecule has 1 saturated heterocycles. The molecule has 0 unspecified atom stereocenters. The SMILES string of the molecule is CN(C)CCNC(=O)N1CCC(Oc2ccc(Cl)c(Cl)c2)CC1. The molecule has 1 N–H and O–H groups in total. The number of piperidine rings is 1. The smallest absolute Gasteiger partial charge is 0.317 e. The molecule has 23 heavy (non-hydrogen) atoms. The van der Waals surface area contributed by atoms with Gasteiger partial charge in [-0.1, -0.05) is 23.2 Å². The number of carbonyl (C=O) groups is 1. The van der Waals surface area contributed by atoms with Crippen LogP contribution < -0.4 is 10.1 Å². The molecule has 7 heteroatoms. The topological polar surface area (TPSA) is 44.8 Å². The maximum Gasteiger partial charge on any atom is 0.317 e. The van der Waals surface area contributed by atoms with Gasteiger partial charge in [0.1, 0.15) is 11.9 Å². The van der Waals surface area contributed by atoms with Gasteiger partial charge < -0.3 is 19.9 Å². The number of hydrogen-bond donors (Lipinski definition) is 1. The van der Waals surface area contributed by atoms with Gasteiger partial charge >= 0.3 is 6.03 Å². The van der Waals surface area contributed by atoms with Crippen molar-refractivity contribution in [2.45, 2.75) is 18.9 Å². The van der Waals surface area contributed by atoms with Gasteiger partial charge in [-0.2, -0.15) is 0 Å². The number of urea groups is 1. The van der Waals surface area contributed by atoms with Crippen LogP contribution >= 0.6 is 23.2 Å². The van der Waals surface area contributed by atoms with Gasteiger partial charge in [0.25, 0.3) is 0 Å². The van der Waals surface area contributed by atoms with Crippen molar-refractivity contribution in [2.75, 3.05) is 40.3 Å². The molecule has 0 aliphatic carbocycles. The first kappa shape index (κ1) is 18.2. The van der Waals surface area contributed by atoms with Crippen LogP contribution in [0.3, 0.4) is 0 Å². The van der Waals surface area contributed by atoms with Gasteiger partial charge in [0.15, 0.2) is 0 Å². The molecule has 1 aliphatic rings. The Balaban J connectivity index is 1.75. The lowest BCUT2D eigenvalue weighted by Crippen LogP contribution is -2.47. The maximum absolute atomic E-state index is 12.1. The molecular formula is C16H23Cl2N3O2. The zero-order valence-electron chi connectivity index (χ0n) is 13.5. The average Bonchev–Trinajstić information content (AvgIpc) is 2.51. The van der Waals surface area contributed by atoms with E-state index in [1.165, 1.54) is 0 Å².